The van der Waals surface area contributed by atoms with Crippen LogP contribution in [0.25, 0.3) is 5.57 Å². The standard InChI is InChI=1S/C15H19NO2/c1-3-11-6-7-16-9-14(11)13-8-12(15(17)18)5-4-10(13)2/h4-5,8,16H,3,6-7,9H2,1-2H3,(H,17,18). The number of aromatic carboxylic acids is 1. The first-order chi connectivity index (χ1) is 8.63. The van der Waals surface area contributed by atoms with E-state index in [1.807, 2.05) is 13.0 Å². The van der Waals surface area contributed by atoms with Gasteiger partial charge in [0.15, 0.2) is 0 Å². The Balaban J connectivity index is 2.52. The van der Waals surface area contributed by atoms with E-state index < -0.39 is 5.97 Å². The molecule has 0 amide bonds. The molecule has 1 aromatic carbocycles. The molecular formula is C15H19NO2. The highest BCUT2D eigenvalue weighted by molar-refractivity contribution is 5.89. The molecule has 2 rings (SSSR count). The second-order valence-electron chi connectivity index (χ2n) is 4.70. The van der Waals surface area contributed by atoms with Crippen LogP contribution in [0.1, 0.15) is 41.3 Å². The van der Waals surface area contributed by atoms with E-state index in [1.54, 1.807) is 12.1 Å². The molecule has 0 spiro atoms. The second kappa shape index (κ2) is 5.36. The van der Waals surface area contributed by atoms with Crippen LogP contribution in [-0.2, 0) is 0 Å². The van der Waals surface area contributed by atoms with E-state index in [0.29, 0.717) is 5.56 Å². The van der Waals surface area contributed by atoms with Crippen LogP contribution in [0, 0.1) is 6.92 Å². The number of carboxylic acids is 1. The summed E-state index contributed by atoms with van der Waals surface area (Å²) in [7, 11) is 0. The summed E-state index contributed by atoms with van der Waals surface area (Å²) < 4.78 is 0. The molecule has 3 nitrogen and oxygen atoms in total. The van der Waals surface area contributed by atoms with Gasteiger partial charge in [-0.1, -0.05) is 18.6 Å². The summed E-state index contributed by atoms with van der Waals surface area (Å²) in [6, 6.07) is 5.37. The van der Waals surface area contributed by atoms with Crippen molar-refractivity contribution in [2.75, 3.05) is 13.1 Å². The summed E-state index contributed by atoms with van der Waals surface area (Å²) in [5, 5.41) is 12.5. The molecule has 1 aliphatic rings. The van der Waals surface area contributed by atoms with E-state index in [0.717, 1.165) is 37.1 Å². The smallest absolute Gasteiger partial charge is 0.335 e. The predicted molar refractivity (Wildman–Crippen MR) is 72.8 cm³/mol. The molecule has 18 heavy (non-hydrogen) atoms. The van der Waals surface area contributed by atoms with Crippen molar-refractivity contribution in [3.8, 4) is 0 Å². The second-order valence-corrected chi connectivity index (χ2v) is 4.70. The molecule has 0 saturated heterocycles. The van der Waals surface area contributed by atoms with Gasteiger partial charge in [0.05, 0.1) is 5.56 Å². The lowest BCUT2D eigenvalue weighted by Crippen LogP contribution is -2.24. The van der Waals surface area contributed by atoms with E-state index in [-0.39, 0.29) is 0 Å². The van der Waals surface area contributed by atoms with Crippen molar-refractivity contribution in [1.82, 2.24) is 5.32 Å². The van der Waals surface area contributed by atoms with Crippen LogP contribution in [0.3, 0.4) is 0 Å². The molecule has 96 valence electrons. The van der Waals surface area contributed by atoms with Crippen molar-refractivity contribution in [2.24, 2.45) is 0 Å². The van der Waals surface area contributed by atoms with Crippen LogP contribution in [0.2, 0.25) is 0 Å². The van der Waals surface area contributed by atoms with Gasteiger partial charge in [0.25, 0.3) is 0 Å². The summed E-state index contributed by atoms with van der Waals surface area (Å²) in [6.45, 7) is 6.06. The zero-order valence-electron chi connectivity index (χ0n) is 10.9. The molecule has 2 N–H and O–H groups in total. The Morgan fingerprint density at radius 3 is 2.89 bits per heavy atom. The van der Waals surface area contributed by atoms with Crippen LogP contribution >= 0.6 is 0 Å². The Hall–Kier alpha value is -1.61. The highest BCUT2D eigenvalue weighted by Gasteiger charge is 2.16. The molecule has 0 atom stereocenters. The summed E-state index contributed by atoms with van der Waals surface area (Å²) in [4.78, 5) is 11.1. The van der Waals surface area contributed by atoms with Gasteiger partial charge in [0, 0.05) is 6.54 Å². The summed E-state index contributed by atoms with van der Waals surface area (Å²) in [6.07, 6.45) is 2.09. The van der Waals surface area contributed by atoms with Crippen molar-refractivity contribution in [3.05, 3.63) is 40.5 Å². The Bertz CT molecular complexity index is 503. The number of rotatable bonds is 3. The zero-order chi connectivity index (χ0) is 13.1. The maximum atomic E-state index is 11.1. The SMILES string of the molecule is CCC1=C(c2cc(C(=O)O)ccc2C)CNCC1. The number of carboxylic acid groups (broad SMARTS) is 1. The van der Waals surface area contributed by atoms with Gasteiger partial charge in [-0.25, -0.2) is 4.79 Å². The van der Waals surface area contributed by atoms with E-state index in [1.165, 1.54) is 11.1 Å². The first kappa shape index (κ1) is 12.8. The van der Waals surface area contributed by atoms with E-state index in [4.69, 9.17) is 5.11 Å². The first-order valence-electron chi connectivity index (χ1n) is 6.39. The summed E-state index contributed by atoms with van der Waals surface area (Å²) in [5.41, 5.74) is 5.32. The van der Waals surface area contributed by atoms with Gasteiger partial charge < -0.3 is 10.4 Å². The van der Waals surface area contributed by atoms with Crippen molar-refractivity contribution >= 4 is 11.5 Å². The molecule has 0 saturated carbocycles. The summed E-state index contributed by atoms with van der Waals surface area (Å²) >= 11 is 0. The minimum absolute atomic E-state index is 0.365. The molecule has 1 aromatic rings. The molecule has 0 unspecified atom stereocenters. The maximum Gasteiger partial charge on any atom is 0.335 e. The molecule has 0 bridgehead atoms. The molecule has 0 fully saturated rings. The Morgan fingerprint density at radius 1 is 1.44 bits per heavy atom. The molecule has 0 aromatic heterocycles. The number of nitrogens with one attached hydrogen (secondary N) is 1. The zero-order valence-corrected chi connectivity index (χ0v) is 10.9. The van der Waals surface area contributed by atoms with Crippen molar-refractivity contribution in [2.45, 2.75) is 26.7 Å². The van der Waals surface area contributed by atoms with Crippen LogP contribution < -0.4 is 5.32 Å². The van der Waals surface area contributed by atoms with Crippen LogP contribution in [0.4, 0.5) is 0 Å². The number of hydrogen-bond acceptors (Lipinski definition) is 2. The lowest BCUT2D eigenvalue weighted by atomic mass is 9.90. The van der Waals surface area contributed by atoms with Crippen molar-refractivity contribution in [3.63, 3.8) is 0 Å². The first-order valence-corrected chi connectivity index (χ1v) is 6.39. The van der Waals surface area contributed by atoms with Gasteiger partial charge in [-0.15, -0.1) is 0 Å². The highest BCUT2D eigenvalue weighted by atomic mass is 16.4. The monoisotopic (exact) mass is 245 g/mol. The van der Waals surface area contributed by atoms with E-state index in [9.17, 15) is 4.79 Å². The minimum Gasteiger partial charge on any atom is -0.478 e. The van der Waals surface area contributed by atoms with Crippen LogP contribution in [0.15, 0.2) is 23.8 Å². The fourth-order valence-electron chi connectivity index (χ4n) is 2.48. The molecule has 0 radical (unpaired) electrons. The van der Waals surface area contributed by atoms with Gasteiger partial charge in [-0.05, 0) is 55.1 Å². The van der Waals surface area contributed by atoms with Gasteiger partial charge in [-0.2, -0.15) is 0 Å². The third-order valence-corrected chi connectivity index (χ3v) is 3.57. The molecule has 1 heterocycles. The van der Waals surface area contributed by atoms with Crippen LogP contribution in [0.5, 0.6) is 0 Å². The fraction of sp³-hybridized carbons (Fsp3) is 0.400. The number of aryl methyl sites for hydroxylation is 1. The topological polar surface area (TPSA) is 49.3 Å². The minimum atomic E-state index is -0.862. The number of hydrogen-bond donors (Lipinski definition) is 2. The Kier molecular flexibility index (Phi) is 3.82. The molecular weight excluding hydrogens is 226 g/mol. The maximum absolute atomic E-state index is 11.1. The largest absolute Gasteiger partial charge is 0.478 e. The van der Waals surface area contributed by atoms with Gasteiger partial charge in [0.2, 0.25) is 0 Å². The number of carbonyl (C=O) groups is 1. The molecule has 0 aliphatic carbocycles. The fourth-order valence-corrected chi connectivity index (χ4v) is 2.48. The average molecular weight is 245 g/mol. The van der Waals surface area contributed by atoms with Gasteiger partial charge >= 0.3 is 5.97 Å². The Labute approximate surface area is 108 Å². The third kappa shape index (κ3) is 2.46. The van der Waals surface area contributed by atoms with E-state index in [2.05, 4.69) is 12.2 Å². The molecule has 1 aliphatic heterocycles. The third-order valence-electron chi connectivity index (χ3n) is 3.57. The van der Waals surface area contributed by atoms with Crippen LogP contribution in [-0.4, -0.2) is 24.2 Å². The normalized spacial score (nSPS) is 15.9. The van der Waals surface area contributed by atoms with Crippen molar-refractivity contribution in [1.29, 1.82) is 0 Å². The van der Waals surface area contributed by atoms with E-state index >= 15 is 0 Å². The lowest BCUT2D eigenvalue weighted by Gasteiger charge is -2.22. The average Bonchev–Trinajstić information content (AvgIpc) is 2.39. The van der Waals surface area contributed by atoms with Gasteiger partial charge in [-0.3, -0.25) is 0 Å². The number of benzene rings is 1. The lowest BCUT2D eigenvalue weighted by molar-refractivity contribution is 0.0697. The quantitative estimate of drug-likeness (QED) is 0.861. The highest BCUT2D eigenvalue weighted by Crippen LogP contribution is 2.28. The van der Waals surface area contributed by atoms with Crippen molar-refractivity contribution < 1.29 is 9.90 Å². The predicted octanol–water partition coefficient (Wildman–Crippen LogP) is 2.85. The Morgan fingerprint density at radius 2 is 2.22 bits per heavy atom. The summed E-state index contributed by atoms with van der Waals surface area (Å²) in [5.74, 6) is -0.862. The molecule has 3 heteroatoms. The van der Waals surface area contributed by atoms with Gasteiger partial charge in [0.1, 0.15) is 0 Å².